The minimum atomic E-state index is -0.910. The Bertz CT molecular complexity index is 815. The van der Waals surface area contributed by atoms with Gasteiger partial charge in [0, 0.05) is 16.7 Å². The molecule has 2 rings (SSSR count). The molecule has 0 aliphatic carbocycles. The summed E-state index contributed by atoms with van der Waals surface area (Å²) in [6.45, 7) is 22.7. The van der Waals surface area contributed by atoms with Gasteiger partial charge in [0.05, 0.1) is 11.6 Å². The molecular weight excluding hydrogens is 434 g/mol. The van der Waals surface area contributed by atoms with Crippen LogP contribution in [0.2, 0.25) is 0 Å². The quantitative estimate of drug-likeness (QED) is 0.394. The van der Waals surface area contributed by atoms with Gasteiger partial charge in [-0.2, -0.15) is 0 Å². The zero-order valence-electron chi connectivity index (χ0n) is 19.8. The fourth-order valence-corrected chi connectivity index (χ4v) is 5.13. The lowest BCUT2D eigenvalue weighted by atomic mass is 9.83. The molecule has 2 atom stereocenters. The molecule has 3 heteroatoms. The summed E-state index contributed by atoms with van der Waals surface area (Å²) in [4.78, 5) is 2.45. The Hall–Kier alpha value is -1.32. The maximum Gasteiger partial charge on any atom is 0.0851 e. The molecule has 1 aromatic carbocycles. The minimum absolute atomic E-state index is 0.310. The summed E-state index contributed by atoms with van der Waals surface area (Å²) in [5, 5.41) is 10.6. The van der Waals surface area contributed by atoms with Crippen LogP contribution in [0.5, 0.6) is 0 Å². The summed E-state index contributed by atoms with van der Waals surface area (Å²) in [5.41, 5.74) is 6.28. The van der Waals surface area contributed by atoms with Crippen molar-refractivity contribution in [3.05, 3.63) is 63.7 Å². The molecule has 2 unspecified atom stereocenters. The Morgan fingerprint density at radius 3 is 2.53 bits per heavy atom. The second-order valence-electron chi connectivity index (χ2n) is 9.42. The van der Waals surface area contributed by atoms with E-state index in [4.69, 9.17) is 0 Å². The van der Waals surface area contributed by atoms with Gasteiger partial charge in [-0.25, -0.2) is 0 Å². The summed E-state index contributed by atoms with van der Waals surface area (Å²) in [5.74, 6) is 0.736. The second-order valence-corrected chi connectivity index (χ2v) is 10.3. The van der Waals surface area contributed by atoms with Gasteiger partial charge in [-0.3, -0.25) is 0 Å². The lowest BCUT2D eigenvalue weighted by molar-refractivity contribution is 0.0778. The maximum atomic E-state index is 10.6. The van der Waals surface area contributed by atoms with E-state index in [1.807, 2.05) is 19.9 Å². The smallest absolute Gasteiger partial charge is 0.0851 e. The minimum Gasteiger partial charge on any atom is -0.386 e. The topological polar surface area (TPSA) is 23.5 Å². The Kier molecular flexibility index (Phi) is 8.59. The molecule has 0 saturated carbocycles. The van der Waals surface area contributed by atoms with Crippen molar-refractivity contribution in [2.24, 2.45) is 5.92 Å². The normalized spacial score (nSPS) is 18.5. The van der Waals surface area contributed by atoms with Crippen LogP contribution in [-0.2, 0) is 5.60 Å². The summed E-state index contributed by atoms with van der Waals surface area (Å²) >= 11 is 3.59. The molecule has 1 N–H and O–H groups in total. The third-order valence-corrected chi connectivity index (χ3v) is 7.30. The first kappa shape index (κ1) is 24.9. The van der Waals surface area contributed by atoms with Crippen molar-refractivity contribution in [2.75, 3.05) is 6.54 Å². The first-order chi connectivity index (χ1) is 14.0. The van der Waals surface area contributed by atoms with Gasteiger partial charge in [-0.15, -0.1) is 0 Å². The van der Waals surface area contributed by atoms with E-state index in [9.17, 15) is 5.11 Å². The highest BCUT2D eigenvalue weighted by atomic mass is 79.9. The molecule has 0 spiro atoms. The third kappa shape index (κ3) is 5.68. The predicted octanol–water partition coefficient (Wildman–Crippen LogP) is 7.83. The SMILES string of the molecule is C=C(CCC(C)CC)C1=C(C)CCN(C(=C)c2ccc(Br)c(C(C)(C)O)c2)C1CC. The standard InChI is InChI=1S/C27H40BrNO/c1-9-18(3)11-12-19(4)26-20(5)15-16-29(25(26)10-2)21(6)22-13-14-24(28)23(17-22)27(7,8)30/h13-14,17-18,25,30H,4,6,9-12,15-16H2,1-3,5,7-8H3. The average Bonchev–Trinajstić information content (AvgIpc) is 2.70. The van der Waals surface area contributed by atoms with Crippen molar-refractivity contribution in [3.63, 3.8) is 0 Å². The maximum absolute atomic E-state index is 10.6. The highest BCUT2D eigenvalue weighted by Gasteiger charge is 2.30. The largest absolute Gasteiger partial charge is 0.386 e. The Morgan fingerprint density at radius 1 is 1.30 bits per heavy atom. The molecule has 0 amide bonds. The predicted molar refractivity (Wildman–Crippen MR) is 134 cm³/mol. The molecule has 166 valence electrons. The number of aliphatic hydroxyl groups is 1. The van der Waals surface area contributed by atoms with Crippen molar-refractivity contribution >= 4 is 21.6 Å². The van der Waals surface area contributed by atoms with E-state index < -0.39 is 5.60 Å². The number of rotatable bonds is 9. The first-order valence-corrected chi connectivity index (χ1v) is 12.2. The van der Waals surface area contributed by atoms with E-state index in [0.29, 0.717) is 6.04 Å². The van der Waals surface area contributed by atoms with Crippen LogP contribution >= 0.6 is 15.9 Å². The van der Waals surface area contributed by atoms with Crippen LogP contribution in [0.4, 0.5) is 0 Å². The van der Waals surface area contributed by atoms with Crippen LogP contribution in [-0.4, -0.2) is 22.6 Å². The molecule has 0 fully saturated rings. The number of hydrogen-bond acceptors (Lipinski definition) is 2. The van der Waals surface area contributed by atoms with Crippen LogP contribution in [0.15, 0.2) is 52.5 Å². The molecule has 0 radical (unpaired) electrons. The van der Waals surface area contributed by atoms with Crippen molar-refractivity contribution in [2.45, 2.75) is 85.3 Å². The van der Waals surface area contributed by atoms with E-state index in [1.165, 1.54) is 29.6 Å². The Morgan fingerprint density at radius 2 is 1.97 bits per heavy atom. The zero-order valence-corrected chi connectivity index (χ0v) is 21.4. The average molecular weight is 475 g/mol. The third-order valence-electron chi connectivity index (χ3n) is 6.61. The molecular formula is C27H40BrNO. The van der Waals surface area contributed by atoms with Crippen molar-refractivity contribution < 1.29 is 5.11 Å². The van der Waals surface area contributed by atoms with Gasteiger partial charge in [-0.05, 0) is 86.8 Å². The monoisotopic (exact) mass is 473 g/mol. The van der Waals surface area contributed by atoms with Crippen LogP contribution < -0.4 is 0 Å². The molecule has 1 aliphatic rings. The summed E-state index contributed by atoms with van der Waals surface area (Å²) in [6.07, 6.45) is 5.56. The molecule has 1 aromatic rings. The summed E-state index contributed by atoms with van der Waals surface area (Å²) in [7, 11) is 0. The second kappa shape index (κ2) is 10.3. The Balaban J connectivity index is 2.32. The number of hydrogen-bond donors (Lipinski definition) is 1. The highest BCUT2D eigenvalue weighted by Crippen LogP contribution is 2.38. The number of benzene rings is 1. The number of nitrogens with zero attached hydrogens (tertiary/aromatic N) is 1. The fraction of sp³-hybridized carbons (Fsp3) is 0.556. The van der Waals surface area contributed by atoms with Crippen molar-refractivity contribution in [3.8, 4) is 0 Å². The van der Waals surface area contributed by atoms with Crippen molar-refractivity contribution in [1.29, 1.82) is 0 Å². The van der Waals surface area contributed by atoms with Gasteiger partial charge in [0.1, 0.15) is 0 Å². The molecule has 1 aliphatic heterocycles. The zero-order chi connectivity index (χ0) is 22.6. The van der Waals surface area contributed by atoms with E-state index in [1.54, 1.807) is 0 Å². The molecule has 0 bridgehead atoms. The summed E-state index contributed by atoms with van der Waals surface area (Å²) < 4.78 is 0.923. The lowest BCUT2D eigenvalue weighted by Gasteiger charge is -2.42. The fourth-order valence-electron chi connectivity index (χ4n) is 4.40. The highest BCUT2D eigenvalue weighted by molar-refractivity contribution is 9.10. The number of halogens is 1. The van der Waals surface area contributed by atoms with Gasteiger partial charge in [0.25, 0.3) is 0 Å². The van der Waals surface area contributed by atoms with E-state index >= 15 is 0 Å². The molecule has 2 nitrogen and oxygen atoms in total. The van der Waals surface area contributed by atoms with Crippen LogP contribution in [0.25, 0.3) is 5.70 Å². The van der Waals surface area contributed by atoms with Crippen LogP contribution in [0.3, 0.4) is 0 Å². The van der Waals surface area contributed by atoms with Gasteiger partial charge in [0.2, 0.25) is 0 Å². The van der Waals surface area contributed by atoms with Crippen molar-refractivity contribution in [1.82, 2.24) is 4.90 Å². The van der Waals surface area contributed by atoms with Crippen LogP contribution in [0.1, 0.15) is 84.8 Å². The van der Waals surface area contributed by atoms with E-state index in [2.05, 4.69) is 73.8 Å². The first-order valence-electron chi connectivity index (χ1n) is 11.4. The molecule has 1 heterocycles. The van der Waals surface area contributed by atoms with Gasteiger partial charge >= 0.3 is 0 Å². The van der Waals surface area contributed by atoms with Gasteiger partial charge in [0.15, 0.2) is 0 Å². The molecule has 0 aromatic heterocycles. The van der Waals surface area contributed by atoms with Crippen LogP contribution in [0, 0.1) is 5.92 Å². The molecule has 30 heavy (non-hydrogen) atoms. The Labute approximate surface area is 192 Å². The summed E-state index contributed by atoms with van der Waals surface area (Å²) in [6, 6.07) is 6.50. The molecule has 0 saturated heterocycles. The van der Waals surface area contributed by atoms with Gasteiger partial charge < -0.3 is 10.0 Å². The van der Waals surface area contributed by atoms with E-state index in [0.717, 1.165) is 53.0 Å². The lowest BCUT2D eigenvalue weighted by Crippen LogP contribution is -2.40. The van der Waals surface area contributed by atoms with Gasteiger partial charge in [-0.1, -0.05) is 67.9 Å². The van der Waals surface area contributed by atoms with E-state index in [-0.39, 0.29) is 0 Å².